The second kappa shape index (κ2) is 5.09. The number of anilines is 1. The first kappa shape index (κ1) is 11.8. The molecule has 0 atom stereocenters. The minimum absolute atomic E-state index is 0.167. The molecule has 0 amide bonds. The zero-order valence-corrected chi connectivity index (χ0v) is 9.58. The molecule has 2 rings (SSSR count). The molecule has 0 bridgehead atoms. The molecule has 7 heteroatoms. The highest BCUT2D eigenvalue weighted by atomic mass is 16.3. The summed E-state index contributed by atoms with van der Waals surface area (Å²) in [6.45, 7) is 1.56. The van der Waals surface area contributed by atoms with Crippen molar-refractivity contribution in [1.29, 1.82) is 0 Å². The molecule has 18 heavy (non-hydrogen) atoms. The number of aryl methyl sites for hydroxylation is 1. The molecular formula is C11H11N5O2. The summed E-state index contributed by atoms with van der Waals surface area (Å²) in [5, 5.41) is 20.3. The Hall–Kier alpha value is -2.70. The fourth-order valence-corrected chi connectivity index (χ4v) is 1.17. The van der Waals surface area contributed by atoms with Crippen molar-refractivity contribution in [3.63, 3.8) is 0 Å². The number of nitrogens with zero attached hydrogens (tertiary/aromatic N) is 3. The van der Waals surface area contributed by atoms with Crippen LogP contribution in [0.1, 0.15) is 11.3 Å². The number of H-pyrrole nitrogens is 1. The van der Waals surface area contributed by atoms with Crippen molar-refractivity contribution >= 4 is 12.2 Å². The second-order valence-electron chi connectivity index (χ2n) is 3.55. The van der Waals surface area contributed by atoms with Crippen LogP contribution in [0.3, 0.4) is 0 Å². The van der Waals surface area contributed by atoms with E-state index in [1.807, 2.05) is 0 Å². The van der Waals surface area contributed by atoms with Gasteiger partial charge in [0.2, 0.25) is 5.95 Å². The van der Waals surface area contributed by atoms with Gasteiger partial charge < -0.3 is 5.11 Å². The zero-order valence-electron chi connectivity index (χ0n) is 9.58. The lowest BCUT2D eigenvalue weighted by Crippen LogP contribution is -2.15. The molecule has 1 heterocycles. The van der Waals surface area contributed by atoms with Crippen molar-refractivity contribution in [1.82, 2.24) is 15.2 Å². The highest BCUT2D eigenvalue weighted by Crippen LogP contribution is 2.07. The predicted octanol–water partition coefficient (Wildman–Crippen LogP) is 0.625. The van der Waals surface area contributed by atoms with Gasteiger partial charge >= 0.3 is 0 Å². The minimum Gasteiger partial charge on any atom is -0.508 e. The van der Waals surface area contributed by atoms with Gasteiger partial charge in [-0.1, -0.05) is 0 Å². The highest BCUT2D eigenvalue weighted by molar-refractivity contribution is 5.80. The number of benzene rings is 1. The Kier molecular flexibility index (Phi) is 3.33. The molecule has 1 aromatic heterocycles. The molecule has 92 valence electrons. The van der Waals surface area contributed by atoms with Crippen LogP contribution >= 0.6 is 0 Å². The van der Waals surface area contributed by atoms with Crippen molar-refractivity contribution in [2.24, 2.45) is 5.10 Å². The fourth-order valence-electron chi connectivity index (χ4n) is 1.17. The lowest BCUT2D eigenvalue weighted by Gasteiger charge is -1.98. The summed E-state index contributed by atoms with van der Waals surface area (Å²) < 4.78 is 0. The molecule has 7 nitrogen and oxygen atoms in total. The molecule has 0 fully saturated rings. The van der Waals surface area contributed by atoms with Crippen molar-refractivity contribution in [3.8, 4) is 5.75 Å². The SMILES string of the molecule is Cc1nnc(N/N=C\c2ccc(O)cc2)[nH]c1=O. The number of aromatic amines is 1. The maximum Gasteiger partial charge on any atom is 0.274 e. The van der Waals surface area contributed by atoms with Crippen molar-refractivity contribution in [2.75, 3.05) is 5.43 Å². The summed E-state index contributed by atoms with van der Waals surface area (Å²) in [4.78, 5) is 13.7. The van der Waals surface area contributed by atoms with E-state index in [2.05, 4.69) is 25.7 Å². The van der Waals surface area contributed by atoms with Crippen molar-refractivity contribution in [3.05, 3.63) is 45.9 Å². The van der Waals surface area contributed by atoms with Crippen LogP contribution in [0, 0.1) is 6.92 Å². The fraction of sp³-hybridized carbons (Fsp3) is 0.0909. The predicted molar refractivity (Wildman–Crippen MR) is 66.7 cm³/mol. The Labute approximate surface area is 102 Å². The monoisotopic (exact) mass is 245 g/mol. The summed E-state index contributed by atoms with van der Waals surface area (Å²) >= 11 is 0. The number of nitrogens with one attached hydrogen (secondary N) is 2. The van der Waals surface area contributed by atoms with Crippen LogP contribution in [0.25, 0.3) is 0 Å². The summed E-state index contributed by atoms with van der Waals surface area (Å²) in [5.74, 6) is 0.356. The number of hydrazone groups is 1. The Balaban J connectivity index is 2.04. The van der Waals surface area contributed by atoms with Crippen LogP contribution in [0.4, 0.5) is 5.95 Å². The maximum atomic E-state index is 11.2. The molecular weight excluding hydrogens is 234 g/mol. The first-order valence-corrected chi connectivity index (χ1v) is 5.17. The molecule has 0 aliphatic rings. The molecule has 0 aliphatic heterocycles. The molecule has 0 spiro atoms. The Morgan fingerprint density at radius 3 is 2.72 bits per heavy atom. The number of hydrogen-bond donors (Lipinski definition) is 3. The number of hydrogen-bond acceptors (Lipinski definition) is 6. The van der Waals surface area contributed by atoms with Gasteiger partial charge in [-0.15, -0.1) is 10.2 Å². The Morgan fingerprint density at radius 1 is 1.33 bits per heavy atom. The molecule has 2 aromatic rings. The van der Waals surface area contributed by atoms with Gasteiger partial charge in [0.25, 0.3) is 5.56 Å². The van der Waals surface area contributed by atoms with E-state index >= 15 is 0 Å². The van der Waals surface area contributed by atoms with Crippen LogP contribution in [0.5, 0.6) is 5.75 Å². The topological polar surface area (TPSA) is 103 Å². The first-order valence-electron chi connectivity index (χ1n) is 5.17. The zero-order chi connectivity index (χ0) is 13.0. The molecule has 3 N–H and O–H groups in total. The third-order valence-electron chi connectivity index (χ3n) is 2.14. The van der Waals surface area contributed by atoms with Gasteiger partial charge in [0.05, 0.1) is 6.21 Å². The summed E-state index contributed by atoms with van der Waals surface area (Å²) in [5.41, 5.74) is 3.33. The molecule has 0 saturated heterocycles. The van der Waals surface area contributed by atoms with E-state index in [1.165, 1.54) is 6.21 Å². The van der Waals surface area contributed by atoms with E-state index in [-0.39, 0.29) is 17.3 Å². The number of aromatic hydroxyl groups is 1. The van der Waals surface area contributed by atoms with Crippen LogP contribution in [-0.4, -0.2) is 26.5 Å². The van der Waals surface area contributed by atoms with Gasteiger partial charge in [-0.2, -0.15) is 5.10 Å². The van der Waals surface area contributed by atoms with E-state index in [1.54, 1.807) is 31.2 Å². The van der Waals surface area contributed by atoms with Crippen LogP contribution in [0.15, 0.2) is 34.2 Å². The molecule has 0 radical (unpaired) electrons. The van der Waals surface area contributed by atoms with Crippen LogP contribution < -0.4 is 11.0 Å². The summed E-state index contributed by atoms with van der Waals surface area (Å²) in [6, 6.07) is 6.50. The van der Waals surface area contributed by atoms with Gasteiger partial charge in [-0.25, -0.2) is 5.43 Å². The van der Waals surface area contributed by atoms with E-state index in [4.69, 9.17) is 5.11 Å². The molecule has 0 aliphatic carbocycles. The van der Waals surface area contributed by atoms with Crippen molar-refractivity contribution in [2.45, 2.75) is 6.92 Å². The smallest absolute Gasteiger partial charge is 0.274 e. The van der Waals surface area contributed by atoms with Crippen LogP contribution in [-0.2, 0) is 0 Å². The quantitative estimate of drug-likeness (QED) is 0.543. The maximum absolute atomic E-state index is 11.2. The van der Waals surface area contributed by atoms with Gasteiger partial charge in [0, 0.05) is 0 Å². The van der Waals surface area contributed by atoms with Gasteiger partial charge in [-0.3, -0.25) is 9.78 Å². The number of rotatable bonds is 3. The average Bonchev–Trinajstić information content (AvgIpc) is 2.36. The minimum atomic E-state index is -0.313. The first-order chi connectivity index (χ1) is 8.65. The molecule has 1 aromatic carbocycles. The van der Waals surface area contributed by atoms with Gasteiger partial charge in [0.15, 0.2) is 0 Å². The van der Waals surface area contributed by atoms with E-state index in [0.717, 1.165) is 5.56 Å². The van der Waals surface area contributed by atoms with Crippen LogP contribution in [0.2, 0.25) is 0 Å². The standard InChI is InChI=1S/C11H11N5O2/c1-7-10(18)13-11(16-14-7)15-12-6-8-2-4-9(17)5-3-8/h2-6,17H,1H3,(H2,13,15,16,18)/b12-6-. The Morgan fingerprint density at radius 2 is 2.06 bits per heavy atom. The lowest BCUT2D eigenvalue weighted by molar-refractivity contribution is 0.475. The third kappa shape index (κ3) is 2.91. The van der Waals surface area contributed by atoms with Crippen molar-refractivity contribution < 1.29 is 5.11 Å². The number of phenols is 1. The average molecular weight is 245 g/mol. The summed E-state index contributed by atoms with van der Waals surface area (Å²) in [6.07, 6.45) is 1.53. The largest absolute Gasteiger partial charge is 0.508 e. The second-order valence-corrected chi connectivity index (χ2v) is 3.55. The molecule has 0 unspecified atom stereocenters. The van der Waals surface area contributed by atoms with E-state index in [0.29, 0.717) is 5.69 Å². The highest BCUT2D eigenvalue weighted by Gasteiger charge is 1.97. The number of aromatic nitrogens is 3. The van der Waals surface area contributed by atoms with E-state index < -0.39 is 0 Å². The van der Waals surface area contributed by atoms with E-state index in [9.17, 15) is 4.79 Å². The normalized spacial score (nSPS) is 10.7. The number of phenolic OH excluding ortho intramolecular Hbond substituents is 1. The third-order valence-corrected chi connectivity index (χ3v) is 2.14. The van der Waals surface area contributed by atoms with Gasteiger partial charge in [0.1, 0.15) is 11.4 Å². The lowest BCUT2D eigenvalue weighted by atomic mass is 10.2. The van der Waals surface area contributed by atoms with Gasteiger partial charge in [-0.05, 0) is 36.8 Å². The molecule has 0 saturated carbocycles. The summed E-state index contributed by atoms with van der Waals surface area (Å²) in [7, 11) is 0. The Bertz CT molecular complexity index is 618.